The summed E-state index contributed by atoms with van der Waals surface area (Å²) in [6.45, 7) is 4.29. The van der Waals surface area contributed by atoms with Crippen molar-refractivity contribution in [1.82, 2.24) is 4.90 Å². The summed E-state index contributed by atoms with van der Waals surface area (Å²) in [6, 6.07) is 14.8. The molecule has 1 aliphatic heterocycles. The van der Waals surface area contributed by atoms with E-state index in [0.717, 1.165) is 29.2 Å². The van der Waals surface area contributed by atoms with E-state index in [4.69, 9.17) is 0 Å². The molecule has 0 unspecified atom stereocenters. The van der Waals surface area contributed by atoms with E-state index in [-0.39, 0.29) is 5.91 Å². The highest BCUT2D eigenvalue weighted by Gasteiger charge is 2.32. The van der Waals surface area contributed by atoms with Gasteiger partial charge in [0.25, 0.3) is 5.91 Å². The molecule has 3 rings (SSSR count). The van der Waals surface area contributed by atoms with Crippen LogP contribution in [0.2, 0.25) is 0 Å². The van der Waals surface area contributed by atoms with Crippen LogP contribution in [0.3, 0.4) is 0 Å². The first-order valence-corrected chi connectivity index (χ1v) is 6.99. The number of amides is 1. The predicted octanol–water partition coefficient (Wildman–Crippen LogP) is 3.85. The summed E-state index contributed by atoms with van der Waals surface area (Å²) in [7, 11) is 0. The Morgan fingerprint density at radius 2 is 1.63 bits per heavy atom. The normalized spacial score (nSPS) is 22.9. The lowest BCUT2D eigenvalue weighted by Gasteiger charge is -2.26. The second-order valence-electron chi connectivity index (χ2n) is 5.51. The van der Waals surface area contributed by atoms with Gasteiger partial charge in [0, 0.05) is 17.6 Å². The second kappa shape index (κ2) is 4.69. The number of likely N-dealkylation sites (tertiary alicyclic amines) is 1. The molecule has 0 aliphatic carbocycles. The number of benzene rings is 2. The summed E-state index contributed by atoms with van der Waals surface area (Å²) in [5.41, 5.74) is 0.832. The van der Waals surface area contributed by atoms with E-state index < -0.39 is 0 Å². The molecule has 1 fully saturated rings. The van der Waals surface area contributed by atoms with Crippen molar-refractivity contribution in [2.24, 2.45) is 0 Å². The monoisotopic (exact) mass is 253 g/mol. The van der Waals surface area contributed by atoms with E-state index in [0.29, 0.717) is 12.1 Å². The van der Waals surface area contributed by atoms with Crippen molar-refractivity contribution in [2.45, 2.75) is 38.8 Å². The van der Waals surface area contributed by atoms with Crippen LogP contribution in [-0.4, -0.2) is 22.9 Å². The average molecular weight is 253 g/mol. The second-order valence-corrected chi connectivity index (χ2v) is 5.51. The van der Waals surface area contributed by atoms with E-state index in [2.05, 4.69) is 26.0 Å². The van der Waals surface area contributed by atoms with E-state index >= 15 is 0 Å². The molecular weight excluding hydrogens is 234 g/mol. The van der Waals surface area contributed by atoms with Gasteiger partial charge < -0.3 is 4.90 Å². The summed E-state index contributed by atoms with van der Waals surface area (Å²) >= 11 is 0. The maximum absolute atomic E-state index is 12.8. The van der Waals surface area contributed by atoms with Crippen LogP contribution in [0.1, 0.15) is 37.0 Å². The van der Waals surface area contributed by atoms with Gasteiger partial charge in [-0.3, -0.25) is 4.79 Å². The first-order chi connectivity index (χ1) is 9.18. The Balaban J connectivity index is 2.07. The fourth-order valence-corrected chi connectivity index (χ4v) is 3.15. The zero-order valence-corrected chi connectivity index (χ0v) is 11.5. The summed E-state index contributed by atoms with van der Waals surface area (Å²) in [6.07, 6.45) is 2.22. The fourth-order valence-electron chi connectivity index (χ4n) is 3.15. The van der Waals surface area contributed by atoms with Gasteiger partial charge >= 0.3 is 0 Å². The van der Waals surface area contributed by atoms with E-state index in [1.807, 2.05) is 35.2 Å². The SMILES string of the molecule is C[C@@H]1CC[C@@H](C)N1C(=O)c1cccc2ccccc12. The third kappa shape index (κ3) is 2.01. The van der Waals surface area contributed by atoms with Gasteiger partial charge in [-0.25, -0.2) is 0 Å². The molecule has 0 aromatic heterocycles. The molecule has 2 aromatic carbocycles. The molecule has 1 saturated heterocycles. The highest BCUT2D eigenvalue weighted by molar-refractivity contribution is 6.07. The Labute approximate surface area is 114 Å². The van der Waals surface area contributed by atoms with Gasteiger partial charge in [0.1, 0.15) is 0 Å². The number of hydrogen-bond donors (Lipinski definition) is 0. The summed E-state index contributed by atoms with van der Waals surface area (Å²) < 4.78 is 0. The molecule has 0 N–H and O–H groups in total. The molecule has 2 heteroatoms. The minimum atomic E-state index is 0.175. The van der Waals surface area contributed by atoms with Crippen LogP contribution in [0, 0.1) is 0 Å². The first kappa shape index (κ1) is 12.2. The summed E-state index contributed by atoms with van der Waals surface area (Å²) in [5, 5.41) is 2.19. The van der Waals surface area contributed by atoms with Crippen molar-refractivity contribution in [2.75, 3.05) is 0 Å². The van der Waals surface area contributed by atoms with Gasteiger partial charge in [-0.2, -0.15) is 0 Å². The number of hydrogen-bond acceptors (Lipinski definition) is 1. The Hall–Kier alpha value is -1.83. The number of nitrogens with zero attached hydrogens (tertiary/aromatic N) is 1. The topological polar surface area (TPSA) is 20.3 Å². The van der Waals surface area contributed by atoms with E-state index in [1.54, 1.807) is 0 Å². The van der Waals surface area contributed by atoms with Crippen LogP contribution in [0.5, 0.6) is 0 Å². The lowest BCUT2D eigenvalue weighted by Crippen LogP contribution is -2.38. The maximum atomic E-state index is 12.8. The van der Waals surface area contributed by atoms with Crippen LogP contribution >= 0.6 is 0 Å². The average Bonchev–Trinajstić information content (AvgIpc) is 2.77. The molecule has 19 heavy (non-hydrogen) atoms. The van der Waals surface area contributed by atoms with Gasteiger partial charge in [0.05, 0.1) is 0 Å². The van der Waals surface area contributed by atoms with Gasteiger partial charge in [-0.1, -0.05) is 36.4 Å². The van der Waals surface area contributed by atoms with Gasteiger partial charge in [0.15, 0.2) is 0 Å². The minimum Gasteiger partial charge on any atom is -0.333 e. The zero-order valence-electron chi connectivity index (χ0n) is 11.5. The minimum absolute atomic E-state index is 0.175. The largest absolute Gasteiger partial charge is 0.333 e. The lowest BCUT2D eigenvalue weighted by atomic mass is 10.0. The van der Waals surface area contributed by atoms with Gasteiger partial charge in [-0.05, 0) is 43.5 Å². The molecule has 0 spiro atoms. The van der Waals surface area contributed by atoms with Gasteiger partial charge in [-0.15, -0.1) is 0 Å². The van der Waals surface area contributed by atoms with Crippen molar-refractivity contribution >= 4 is 16.7 Å². The quantitative estimate of drug-likeness (QED) is 0.756. The number of carbonyl (C=O) groups is 1. The number of fused-ring (bicyclic) bond motifs is 1. The van der Waals surface area contributed by atoms with Crippen LogP contribution < -0.4 is 0 Å². The van der Waals surface area contributed by atoms with Crippen LogP contribution in [-0.2, 0) is 0 Å². The Morgan fingerprint density at radius 3 is 2.37 bits per heavy atom. The first-order valence-electron chi connectivity index (χ1n) is 6.99. The van der Waals surface area contributed by atoms with Crippen molar-refractivity contribution in [3.8, 4) is 0 Å². The van der Waals surface area contributed by atoms with Crippen LogP contribution in [0.15, 0.2) is 42.5 Å². The predicted molar refractivity (Wildman–Crippen MR) is 78.3 cm³/mol. The summed E-state index contributed by atoms with van der Waals surface area (Å²) in [5.74, 6) is 0.175. The van der Waals surface area contributed by atoms with E-state index in [9.17, 15) is 4.79 Å². The van der Waals surface area contributed by atoms with Crippen molar-refractivity contribution in [3.63, 3.8) is 0 Å². The van der Waals surface area contributed by atoms with Crippen LogP contribution in [0.25, 0.3) is 10.8 Å². The lowest BCUT2D eigenvalue weighted by molar-refractivity contribution is 0.0695. The molecule has 1 heterocycles. The molecular formula is C17H19NO. The van der Waals surface area contributed by atoms with Gasteiger partial charge in [0.2, 0.25) is 0 Å². The Bertz CT molecular complexity index is 604. The zero-order chi connectivity index (χ0) is 13.4. The molecule has 1 amide bonds. The molecule has 1 aliphatic rings. The Morgan fingerprint density at radius 1 is 1.00 bits per heavy atom. The number of carbonyl (C=O) groups excluding carboxylic acids is 1. The fraction of sp³-hybridized carbons (Fsp3) is 0.353. The third-order valence-electron chi connectivity index (χ3n) is 4.21. The molecule has 0 saturated carbocycles. The highest BCUT2D eigenvalue weighted by Crippen LogP contribution is 2.28. The van der Waals surface area contributed by atoms with Crippen molar-refractivity contribution in [3.05, 3.63) is 48.0 Å². The third-order valence-corrected chi connectivity index (χ3v) is 4.21. The molecule has 2 atom stereocenters. The standard InChI is InChI=1S/C17H19NO/c1-12-10-11-13(2)18(12)17(19)16-9-5-7-14-6-3-4-8-15(14)16/h3-9,12-13H,10-11H2,1-2H3/t12-,13-/m1/s1. The Kier molecular flexibility index (Phi) is 3.02. The highest BCUT2D eigenvalue weighted by atomic mass is 16.2. The van der Waals surface area contributed by atoms with Crippen molar-refractivity contribution in [1.29, 1.82) is 0 Å². The smallest absolute Gasteiger partial charge is 0.254 e. The molecule has 2 aromatic rings. The molecule has 0 radical (unpaired) electrons. The number of rotatable bonds is 1. The summed E-state index contributed by atoms with van der Waals surface area (Å²) in [4.78, 5) is 14.9. The molecule has 2 nitrogen and oxygen atoms in total. The van der Waals surface area contributed by atoms with Crippen molar-refractivity contribution < 1.29 is 4.79 Å². The molecule has 98 valence electrons. The van der Waals surface area contributed by atoms with Crippen LogP contribution in [0.4, 0.5) is 0 Å². The van der Waals surface area contributed by atoms with E-state index in [1.165, 1.54) is 0 Å². The molecule has 0 bridgehead atoms. The maximum Gasteiger partial charge on any atom is 0.254 e.